The highest BCUT2D eigenvalue weighted by molar-refractivity contribution is 5.28. The molecule has 0 heteroatoms. The van der Waals surface area contributed by atoms with Crippen molar-refractivity contribution in [3.63, 3.8) is 0 Å². The zero-order valence-electron chi connectivity index (χ0n) is 9.63. The molecular weight excluding hydrogens is 168 g/mol. The van der Waals surface area contributed by atoms with Gasteiger partial charge in [-0.3, -0.25) is 0 Å². The minimum absolute atomic E-state index is 0.761. The van der Waals surface area contributed by atoms with Gasteiger partial charge in [0.05, 0.1) is 0 Å². The van der Waals surface area contributed by atoms with Gasteiger partial charge in [0.1, 0.15) is 0 Å². The number of rotatable bonds is 6. The van der Waals surface area contributed by atoms with Crippen molar-refractivity contribution in [1.29, 1.82) is 0 Å². The van der Waals surface area contributed by atoms with E-state index < -0.39 is 0 Å². The number of hydrogen-bond acceptors (Lipinski definition) is 0. The predicted molar refractivity (Wildman–Crippen MR) is 64.1 cm³/mol. The van der Waals surface area contributed by atoms with Crippen LogP contribution in [0.3, 0.4) is 0 Å². The fourth-order valence-corrected chi connectivity index (χ4v) is 1.94. The fraction of sp³-hybridized carbons (Fsp3) is 0.643. The lowest BCUT2D eigenvalue weighted by Gasteiger charge is -2.15. The Balaban J connectivity index is 2.17. The summed E-state index contributed by atoms with van der Waals surface area (Å²) in [7, 11) is 0. The van der Waals surface area contributed by atoms with E-state index in [1.54, 1.807) is 5.57 Å². The fourth-order valence-electron chi connectivity index (χ4n) is 1.94. The Kier molecular flexibility index (Phi) is 5.66. The van der Waals surface area contributed by atoms with E-state index in [1.807, 2.05) is 0 Å². The standard InChI is InChI=1S/C14H23/c1-3-4-5-7-10-13(2)14-11-8-6-9-12-14/h6,8,11-13H,3-5,7,9-10H2,1-2H3. The van der Waals surface area contributed by atoms with Gasteiger partial charge in [-0.15, -0.1) is 0 Å². The molecule has 0 nitrogen and oxygen atoms in total. The maximum Gasteiger partial charge on any atom is -0.0129 e. The first-order chi connectivity index (χ1) is 6.84. The maximum absolute atomic E-state index is 2.37. The van der Waals surface area contributed by atoms with E-state index in [-0.39, 0.29) is 0 Å². The van der Waals surface area contributed by atoms with E-state index in [1.165, 1.54) is 32.1 Å². The molecular formula is C14H23. The van der Waals surface area contributed by atoms with E-state index in [2.05, 4.69) is 38.5 Å². The summed E-state index contributed by atoms with van der Waals surface area (Å²) in [5.74, 6) is 0.761. The smallest absolute Gasteiger partial charge is 0.0129 e. The third-order valence-electron chi connectivity index (χ3n) is 2.97. The molecule has 1 aliphatic carbocycles. The molecule has 0 spiro atoms. The van der Waals surface area contributed by atoms with Crippen LogP contribution in [0.15, 0.2) is 23.8 Å². The number of allylic oxidation sites excluding steroid dienone is 4. The second kappa shape index (κ2) is 6.86. The van der Waals surface area contributed by atoms with Gasteiger partial charge in [0.15, 0.2) is 0 Å². The number of hydrogen-bond donors (Lipinski definition) is 0. The third-order valence-corrected chi connectivity index (χ3v) is 2.97. The zero-order chi connectivity index (χ0) is 10.2. The summed E-state index contributed by atoms with van der Waals surface area (Å²) >= 11 is 0. The first-order valence-corrected chi connectivity index (χ1v) is 6.04. The molecule has 0 aliphatic heterocycles. The lowest BCUT2D eigenvalue weighted by molar-refractivity contribution is 0.547. The quantitative estimate of drug-likeness (QED) is 0.535. The lowest BCUT2D eigenvalue weighted by atomic mass is 9.91. The highest BCUT2D eigenvalue weighted by atomic mass is 14.1. The lowest BCUT2D eigenvalue weighted by Crippen LogP contribution is -1.99. The van der Waals surface area contributed by atoms with Gasteiger partial charge in [-0.05, 0) is 30.8 Å². The zero-order valence-corrected chi connectivity index (χ0v) is 9.63. The molecule has 1 atom stereocenters. The summed E-state index contributed by atoms with van der Waals surface area (Å²) in [5, 5.41) is 0. The summed E-state index contributed by atoms with van der Waals surface area (Å²) in [5.41, 5.74) is 1.55. The molecule has 0 amide bonds. The van der Waals surface area contributed by atoms with Crippen LogP contribution in [0, 0.1) is 12.3 Å². The van der Waals surface area contributed by atoms with E-state index in [0.717, 1.165) is 12.3 Å². The van der Waals surface area contributed by atoms with Crippen molar-refractivity contribution in [3.05, 3.63) is 30.2 Å². The van der Waals surface area contributed by atoms with Crippen LogP contribution in [0.2, 0.25) is 0 Å². The molecule has 0 heterocycles. The minimum Gasteiger partial charge on any atom is -0.0804 e. The molecule has 0 N–H and O–H groups in total. The second-order valence-electron chi connectivity index (χ2n) is 4.29. The number of unbranched alkanes of at least 4 members (excludes halogenated alkanes) is 3. The van der Waals surface area contributed by atoms with Crippen molar-refractivity contribution < 1.29 is 0 Å². The molecule has 79 valence electrons. The highest BCUT2D eigenvalue weighted by Crippen LogP contribution is 2.22. The monoisotopic (exact) mass is 191 g/mol. The van der Waals surface area contributed by atoms with Crippen LogP contribution in [0.4, 0.5) is 0 Å². The summed E-state index contributed by atoms with van der Waals surface area (Å²) < 4.78 is 0. The summed E-state index contributed by atoms with van der Waals surface area (Å²) in [4.78, 5) is 0. The average molecular weight is 191 g/mol. The van der Waals surface area contributed by atoms with Gasteiger partial charge in [-0.2, -0.15) is 0 Å². The highest BCUT2D eigenvalue weighted by Gasteiger charge is 2.07. The molecule has 0 bridgehead atoms. The van der Waals surface area contributed by atoms with Gasteiger partial charge >= 0.3 is 0 Å². The van der Waals surface area contributed by atoms with Crippen molar-refractivity contribution in [2.45, 2.75) is 52.4 Å². The van der Waals surface area contributed by atoms with Crippen LogP contribution in [0.1, 0.15) is 52.4 Å². The molecule has 0 aromatic heterocycles. The van der Waals surface area contributed by atoms with Gasteiger partial charge in [0.2, 0.25) is 0 Å². The average Bonchev–Trinajstić information content (AvgIpc) is 2.25. The predicted octanol–water partition coefficient (Wildman–Crippen LogP) is 4.68. The van der Waals surface area contributed by atoms with E-state index >= 15 is 0 Å². The van der Waals surface area contributed by atoms with Crippen LogP contribution in [-0.4, -0.2) is 0 Å². The Morgan fingerprint density at radius 3 is 2.79 bits per heavy atom. The largest absolute Gasteiger partial charge is 0.0804 e. The Morgan fingerprint density at radius 1 is 1.29 bits per heavy atom. The third kappa shape index (κ3) is 4.13. The van der Waals surface area contributed by atoms with Crippen LogP contribution in [-0.2, 0) is 0 Å². The second-order valence-corrected chi connectivity index (χ2v) is 4.29. The molecule has 14 heavy (non-hydrogen) atoms. The Labute approximate surface area is 89.1 Å². The summed E-state index contributed by atoms with van der Waals surface area (Å²) in [6, 6.07) is 0. The van der Waals surface area contributed by atoms with Gasteiger partial charge in [0.25, 0.3) is 0 Å². The summed E-state index contributed by atoms with van der Waals surface area (Å²) in [6.45, 7) is 4.62. The normalized spacial score (nSPS) is 18.0. The first kappa shape index (κ1) is 11.6. The van der Waals surface area contributed by atoms with Gasteiger partial charge < -0.3 is 0 Å². The van der Waals surface area contributed by atoms with Crippen molar-refractivity contribution in [3.8, 4) is 0 Å². The first-order valence-electron chi connectivity index (χ1n) is 6.04. The van der Waals surface area contributed by atoms with E-state index in [4.69, 9.17) is 0 Å². The van der Waals surface area contributed by atoms with Crippen molar-refractivity contribution >= 4 is 0 Å². The van der Waals surface area contributed by atoms with Crippen molar-refractivity contribution in [2.75, 3.05) is 0 Å². The Bertz CT molecular complexity index is 198. The molecule has 1 unspecified atom stereocenters. The molecule has 1 radical (unpaired) electrons. The van der Waals surface area contributed by atoms with Gasteiger partial charge in [-0.1, -0.05) is 57.8 Å². The Hall–Kier alpha value is -0.520. The van der Waals surface area contributed by atoms with Crippen molar-refractivity contribution in [2.24, 2.45) is 5.92 Å². The van der Waals surface area contributed by atoms with Gasteiger partial charge in [-0.25, -0.2) is 0 Å². The minimum atomic E-state index is 0.761. The topological polar surface area (TPSA) is 0 Å². The van der Waals surface area contributed by atoms with Gasteiger partial charge in [0, 0.05) is 0 Å². The molecule has 0 saturated heterocycles. The SMILES string of the molecule is CCCCCCC(C)C1=CC[CH]C=C1. The van der Waals surface area contributed by atoms with Crippen LogP contribution in [0.25, 0.3) is 0 Å². The maximum atomic E-state index is 2.37. The van der Waals surface area contributed by atoms with Crippen LogP contribution < -0.4 is 0 Å². The van der Waals surface area contributed by atoms with E-state index in [0.29, 0.717) is 0 Å². The molecule has 0 aromatic rings. The molecule has 1 aliphatic rings. The summed E-state index contributed by atoms with van der Waals surface area (Å²) in [6.07, 6.45) is 17.1. The van der Waals surface area contributed by atoms with Crippen LogP contribution >= 0.6 is 0 Å². The molecule has 1 rings (SSSR count). The molecule has 0 aromatic carbocycles. The molecule has 0 saturated carbocycles. The molecule has 0 fully saturated rings. The van der Waals surface area contributed by atoms with Crippen LogP contribution in [0.5, 0.6) is 0 Å². The Morgan fingerprint density at radius 2 is 2.14 bits per heavy atom. The van der Waals surface area contributed by atoms with E-state index in [9.17, 15) is 0 Å². The van der Waals surface area contributed by atoms with Crippen molar-refractivity contribution in [1.82, 2.24) is 0 Å².